The number of hydrogen-bond acceptors (Lipinski definition) is 8. The molecule has 1 N–H and O–H groups in total. The fourth-order valence-electron chi connectivity index (χ4n) is 4.59. The number of aliphatic hydroxyl groups excluding tert-OH is 1. The molecule has 1 saturated heterocycles. The van der Waals surface area contributed by atoms with Gasteiger partial charge in [0.25, 0.3) is 17.4 Å². The van der Waals surface area contributed by atoms with Crippen molar-refractivity contribution < 1.29 is 29.1 Å². The van der Waals surface area contributed by atoms with E-state index in [1.807, 2.05) is 0 Å². The fourth-order valence-corrected chi connectivity index (χ4v) is 4.59. The number of fused-ring (bicyclic) bond motifs is 1. The molecule has 10 nitrogen and oxygen atoms in total. The number of nitrogens with zero attached hydrogens (tertiary/aromatic N) is 3. The van der Waals surface area contributed by atoms with Crippen molar-refractivity contribution in [1.29, 1.82) is 0 Å². The first-order valence-corrected chi connectivity index (χ1v) is 12.0. The van der Waals surface area contributed by atoms with Crippen molar-refractivity contribution in [2.24, 2.45) is 0 Å². The van der Waals surface area contributed by atoms with Crippen molar-refractivity contribution in [3.8, 4) is 11.5 Å². The molecule has 4 rings (SSSR count). The molecular formula is C26H29N3O7. The normalized spacial score (nSPS) is 18.6. The second-order valence-corrected chi connectivity index (χ2v) is 8.58. The second-order valence-electron chi connectivity index (χ2n) is 8.58. The Bertz CT molecular complexity index is 1190. The third-order valence-electron chi connectivity index (χ3n) is 6.54. The molecule has 2 aromatic rings. The maximum atomic E-state index is 13.2. The number of nitro benzene ring substituents is 1. The Balaban J connectivity index is 1.74. The van der Waals surface area contributed by atoms with Gasteiger partial charge in [-0.1, -0.05) is 13.8 Å². The molecule has 1 unspecified atom stereocenters. The lowest BCUT2D eigenvalue weighted by atomic mass is 9.95. The summed E-state index contributed by atoms with van der Waals surface area (Å²) in [4.78, 5) is 40.6. The van der Waals surface area contributed by atoms with Gasteiger partial charge in [0.15, 0.2) is 11.5 Å². The molecule has 2 aliphatic heterocycles. The van der Waals surface area contributed by atoms with Crippen LogP contribution in [0, 0.1) is 10.1 Å². The minimum absolute atomic E-state index is 0.0617. The third-order valence-corrected chi connectivity index (χ3v) is 6.54. The predicted octanol–water partition coefficient (Wildman–Crippen LogP) is 3.52. The van der Waals surface area contributed by atoms with Crippen molar-refractivity contribution >= 4 is 23.1 Å². The zero-order valence-electron chi connectivity index (χ0n) is 20.3. The van der Waals surface area contributed by atoms with Crippen LogP contribution in [0.15, 0.2) is 48.0 Å². The van der Waals surface area contributed by atoms with Gasteiger partial charge in [0.2, 0.25) is 0 Å². The molecule has 2 aromatic carbocycles. The minimum atomic E-state index is -0.879. The quantitative estimate of drug-likeness (QED) is 0.184. The Morgan fingerprint density at radius 1 is 1.08 bits per heavy atom. The zero-order valence-corrected chi connectivity index (χ0v) is 20.3. The molecule has 190 valence electrons. The number of ether oxygens (including phenoxy) is 2. The van der Waals surface area contributed by atoms with E-state index in [4.69, 9.17) is 9.47 Å². The largest absolute Gasteiger partial charge is 0.507 e. The highest BCUT2D eigenvalue weighted by atomic mass is 16.6. The highest BCUT2D eigenvalue weighted by molar-refractivity contribution is 6.46. The van der Waals surface area contributed by atoms with Crippen molar-refractivity contribution in [1.82, 2.24) is 9.80 Å². The van der Waals surface area contributed by atoms with Crippen molar-refractivity contribution in [3.05, 3.63) is 69.3 Å². The van der Waals surface area contributed by atoms with Gasteiger partial charge in [-0.2, -0.15) is 0 Å². The number of ketones is 1. The van der Waals surface area contributed by atoms with Gasteiger partial charge < -0.3 is 24.4 Å². The summed E-state index contributed by atoms with van der Waals surface area (Å²) >= 11 is 0. The van der Waals surface area contributed by atoms with Crippen LogP contribution in [0.25, 0.3) is 5.76 Å². The summed E-state index contributed by atoms with van der Waals surface area (Å²) in [5.41, 5.74) is 0.645. The summed E-state index contributed by atoms with van der Waals surface area (Å²) in [5, 5.41) is 22.4. The van der Waals surface area contributed by atoms with Crippen LogP contribution in [0.1, 0.15) is 37.4 Å². The number of likely N-dealkylation sites (tertiary alicyclic amines) is 1. The first-order valence-electron chi connectivity index (χ1n) is 12.0. The van der Waals surface area contributed by atoms with E-state index in [9.17, 15) is 24.8 Å². The molecule has 36 heavy (non-hydrogen) atoms. The molecule has 0 saturated carbocycles. The van der Waals surface area contributed by atoms with Gasteiger partial charge in [0.1, 0.15) is 19.0 Å². The molecular weight excluding hydrogens is 466 g/mol. The van der Waals surface area contributed by atoms with Gasteiger partial charge >= 0.3 is 0 Å². The monoisotopic (exact) mass is 495 g/mol. The van der Waals surface area contributed by atoms with E-state index in [1.165, 1.54) is 29.2 Å². The number of non-ortho nitro benzene ring substituents is 1. The van der Waals surface area contributed by atoms with Crippen LogP contribution in [-0.2, 0) is 9.59 Å². The summed E-state index contributed by atoms with van der Waals surface area (Å²) < 4.78 is 11.1. The molecule has 1 atom stereocenters. The third kappa shape index (κ3) is 4.90. The van der Waals surface area contributed by atoms with E-state index in [2.05, 4.69) is 18.7 Å². The van der Waals surface area contributed by atoms with E-state index in [0.29, 0.717) is 48.8 Å². The van der Waals surface area contributed by atoms with E-state index in [0.717, 1.165) is 19.6 Å². The molecule has 0 radical (unpaired) electrons. The van der Waals surface area contributed by atoms with Crippen molar-refractivity contribution in [3.63, 3.8) is 0 Å². The number of benzene rings is 2. The lowest BCUT2D eigenvalue weighted by Gasteiger charge is -2.27. The first-order chi connectivity index (χ1) is 17.3. The number of hydrogen-bond donors (Lipinski definition) is 1. The van der Waals surface area contributed by atoms with Crippen LogP contribution in [-0.4, -0.2) is 70.9 Å². The number of amides is 1. The van der Waals surface area contributed by atoms with E-state index in [1.54, 1.807) is 18.2 Å². The van der Waals surface area contributed by atoms with Crippen LogP contribution >= 0.6 is 0 Å². The van der Waals surface area contributed by atoms with E-state index in [-0.39, 0.29) is 17.0 Å². The van der Waals surface area contributed by atoms with Crippen LogP contribution in [0.4, 0.5) is 5.69 Å². The van der Waals surface area contributed by atoms with Crippen molar-refractivity contribution in [2.45, 2.75) is 26.3 Å². The second kappa shape index (κ2) is 10.8. The summed E-state index contributed by atoms with van der Waals surface area (Å²) in [6.45, 7) is 7.65. The molecule has 10 heteroatoms. The molecule has 0 aliphatic carbocycles. The predicted molar refractivity (Wildman–Crippen MR) is 132 cm³/mol. The zero-order chi connectivity index (χ0) is 25.8. The maximum absolute atomic E-state index is 13.2. The van der Waals surface area contributed by atoms with E-state index < -0.39 is 22.7 Å². The number of Topliss-reactive ketones (excluding diaryl/α,β-unsaturated/α-hetero) is 1. The number of nitro groups is 1. The Morgan fingerprint density at radius 2 is 1.75 bits per heavy atom. The van der Waals surface area contributed by atoms with Gasteiger partial charge in [-0.25, -0.2) is 0 Å². The topological polar surface area (TPSA) is 122 Å². The van der Waals surface area contributed by atoms with Gasteiger partial charge in [0.05, 0.1) is 16.5 Å². The SMILES string of the molecule is CCN(CC)CCCN1C(=O)C(=O)/C(=C(/O)c2ccc3c(c2)OCCO3)C1c1ccc([N+](=O)[O-])cc1. The molecule has 1 fully saturated rings. The molecule has 0 aromatic heterocycles. The van der Waals surface area contributed by atoms with Crippen LogP contribution in [0.3, 0.4) is 0 Å². The molecule has 0 bridgehead atoms. The van der Waals surface area contributed by atoms with Crippen LogP contribution in [0.5, 0.6) is 11.5 Å². The Morgan fingerprint density at radius 3 is 2.39 bits per heavy atom. The lowest BCUT2D eigenvalue weighted by molar-refractivity contribution is -0.384. The summed E-state index contributed by atoms with van der Waals surface area (Å²) in [5.74, 6) is -0.877. The van der Waals surface area contributed by atoms with Crippen molar-refractivity contribution in [2.75, 3.05) is 39.4 Å². The Hall–Kier alpha value is -3.92. The summed E-state index contributed by atoms with van der Waals surface area (Å²) in [6, 6.07) is 9.63. The average Bonchev–Trinajstić information content (AvgIpc) is 3.15. The first kappa shape index (κ1) is 25.2. The molecule has 2 aliphatic rings. The van der Waals surface area contributed by atoms with E-state index >= 15 is 0 Å². The maximum Gasteiger partial charge on any atom is 0.295 e. The fraction of sp³-hybridized carbons (Fsp3) is 0.385. The van der Waals surface area contributed by atoms with Gasteiger partial charge in [-0.05, 0) is 62.0 Å². The van der Waals surface area contributed by atoms with Gasteiger partial charge in [-0.15, -0.1) is 0 Å². The number of carbonyl (C=O) groups excluding carboxylic acids is 2. The minimum Gasteiger partial charge on any atom is -0.507 e. The molecule has 2 heterocycles. The lowest BCUT2D eigenvalue weighted by Crippen LogP contribution is -2.33. The Labute approximate surface area is 208 Å². The average molecular weight is 496 g/mol. The molecule has 0 spiro atoms. The Kier molecular flexibility index (Phi) is 7.54. The smallest absolute Gasteiger partial charge is 0.295 e. The number of rotatable bonds is 9. The highest BCUT2D eigenvalue weighted by Gasteiger charge is 2.46. The summed E-state index contributed by atoms with van der Waals surface area (Å²) in [7, 11) is 0. The number of carbonyl (C=O) groups is 2. The number of aliphatic hydroxyl groups is 1. The highest BCUT2D eigenvalue weighted by Crippen LogP contribution is 2.41. The van der Waals surface area contributed by atoms with Crippen LogP contribution < -0.4 is 9.47 Å². The van der Waals surface area contributed by atoms with Gasteiger partial charge in [-0.3, -0.25) is 19.7 Å². The summed E-state index contributed by atoms with van der Waals surface area (Å²) in [6.07, 6.45) is 0.627. The standard InChI is InChI=1S/C26H29N3O7/c1-3-27(4-2)12-5-13-28-23(17-6-9-19(10-7-17)29(33)34)22(25(31)26(28)32)24(30)18-8-11-20-21(16-18)36-15-14-35-20/h6-11,16,23,30H,3-5,12-15H2,1-2H3/b24-22+. The van der Waals surface area contributed by atoms with Crippen LogP contribution in [0.2, 0.25) is 0 Å². The van der Waals surface area contributed by atoms with Gasteiger partial charge in [0, 0.05) is 24.2 Å². The molecule has 1 amide bonds.